The number of rotatable bonds is 10. The summed E-state index contributed by atoms with van der Waals surface area (Å²) in [5.41, 5.74) is 0.782. The lowest BCUT2D eigenvalue weighted by Gasteiger charge is -2.25. The van der Waals surface area contributed by atoms with E-state index in [2.05, 4.69) is 4.72 Å². The zero-order valence-electron chi connectivity index (χ0n) is 17.7. The molecule has 9 heteroatoms. The summed E-state index contributed by atoms with van der Waals surface area (Å²) in [4.78, 5) is 0.137. The molecule has 166 valence electrons. The lowest BCUT2D eigenvalue weighted by Crippen LogP contribution is -2.37. The summed E-state index contributed by atoms with van der Waals surface area (Å²) < 4.78 is 55.0. The second-order valence-corrected chi connectivity index (χ2v) is 12.2. The maximum absolute atomic E-state index is 13.1. The van der Waals surface area contributed by atoms with Crippen LogP contribution in [-0.2, 0) is 25.8 Å². The Labute approximate surface area is 185 Å². The van der Waals surface area contributed by atoms with Crippen molar-refractivity contribution < 1.29 is 16.8 Å². The Bertz CT molecular complexity index is 1040. The van der Waals surface area contributed by atoms with E-state index < -0.39 is 20.0 Å². The van der Waals surface area contributed by atoms with Gasteiger partial charge in [-0.3, -0.25) is 4.72 Å². The Kier molecular flexibility index (Phi) is 8.33. The molecule has 0 aromatic heterocycles. The van der Waals surface area contributed by atoms with Crippen LogP contribution in [0, 0.1) is 11.8 Å². The number of benzene rings is 2. The molecular weight excluding hydrogens is 444 g/mol. The van der Waals surface area contributed by atoms with Crippen LogP contribution in [0.3, 0.4) is 0 Å². The maximum atomic E-state index is 13.1. The van der Waals surface area contributed by atoms with Crippen LogP contribution < -0.4 is 4.72 Å². The molecule has 1 N–H and O–H groups in total. The summed E-state index contributed by atoms with van der Waals surface area (Å²) in [6.07, 6.45) is 0. The molecule has 0 aliphatic carbocycles. The van der Waals surface area contributed by atoms with Gasteiger partial charge in [0.2, 0.25) is 20.0 Å². The zero-order chi connectivity index (χ0) is 22.5. The van der Waals surface area contributed by atoms with Gasteiger partial charge in [0, 0.05) is 23.8 Å². The molecule has 0 radical (unpaired) electrons. The average Bonchev–Trinajstić information content (AvgIpc) is 2.62. The fourth-order valence-corrected chi connectivity index (χ4v) is 6.24. The molecular formula is C21H29ClN2O4S2. The molecule has 30 heavy (non-hydrogen) atoms. The van der Waals surface area contributed by atoms with E-state index in [0.29, 0.717) is 29.4 Å². The Balaban J connectivity index is 2.19. The molecule has 2 aromatic rings. The molecule has 2 aromatic carbocycles. The first kappa shape index (κ1) is 24.7. The third-order valence-electron chi connectivity index (χ3n) is 4.21. The molecule has 0 aliphatic heterocycles. The Morgan fingerprint density at radius 2 is 1.40 bits per heavy atom. The Morgan fingerprint density at radius 3 is 1.90 bits per heavy atom. The third kappa shape index (κ3) is 6.97. The fourth-order valence-electron chi connectivity index (χ4n) is 2.97. The molecule has 0 atom stereocenters. The molecule has 0 saturated carbocycles. The summed E-state index contributed by atoms with van der Waals surface area (Å²) in [5, 5.41) is 0.375. The van der Waals surface area contributed by atoms with Crippen molar-refractivity contribution >= 4 is 37.3 Å². The van der Waals surface area contributed by atoms with E-state index in [1.807, 2.05) is 27.7 Å². The van der Waals surface area contributed by atoms with Gasteiger partial charge in [-0.2, -0.15) is 4.31 Å². The summed E-state index contributed by atoms with van der Waals surface area (Å²) in [6, 6.07) is 12.5. The largest absolute Gasteiger partial charge is 0.283 e. The van der Waals surface area contributed by atoms with Gasteiger partial charge in [-0.25, -0.2) is 16.8 Å². The van der Waals surface area contributed by atoms with Gasteiger partial charge in [0.05, 0.1) is 10.6 Å². The normalized spacial score (nSPS) is 12.7. The smallest absolute Gasteiger partial charge is 0.243 e. The molecule has 0 heterocycles. The van der Waals surface area contributed by atoms with Crippen molar-refractivity contribution in [2.24, 2.45) is 11.8 Å². The number of nitrogens with one attached hydrogen (secondary N) is 1. The second-order valence-electron chi connectivity index (χ2n) is 8.09. The van der Waals surface area contributed by atoms with Crippen molar-refractivity contribution in [3.63, 3.8) is 0 Å². The van der Waals surface area contributed by atoms with Crippen LogP contribution in [0.5, 0.6) is 0 Å². The lowest BCUT2D eigenvalue weighted by atomic mass is 10.2. The van der Waals surface area contributed by atoms with E-state index in [1.54, 1.807) is 24.3 Å². The number of hydrogen-bond acceptors (Lipinski definition) is 4. The molecule has 6 nitrogen and oxygen atoms in total. The predicted octanol–water partition coefficient (Wildman–Crippen LogP) is 4.58. The fraction of sp³-hybridized carbons (Fsp3) is 0.429. The number of nitrogens with zero attached hydrogens (tertiary/aromatic N) is 1. The first-order valence-electron chi connectivity index (χ1n) is 9.75. The van der Waals surface area contributed by atoms with Crippen LogP contribution in [0.1, 0.15) is 33.3 Å². The predicted molar refractivity (Wildman–Crippen MR) is 123 cm³/mol. The highest BCUT2D eigenvalue weighted by Crippen LogP contribution is 2.23. The van der Waals surface area contributed by atoms with Crippen molar-refractivity contribution in [2.45, 2.75) is 38.3 Å². The van der Waals surface area contributed by atoms with E-state index in [9.17, 15) is 16.8 Å². The standard InChI is InChI=1S/C21H29ClN2O4S2/c1-16(2)13-24(14-17(3)4)30(27,28)20-11-9-19(10-12-20)23-29(25,26)15-18-7-5-6-8-21(18)22/h5-12,16-17,23H,13-15H2,1-4H3. The van der Waals surface area contributed by atoms with Crippen molar-refractivity contribution in [3.8, 4) is 0 Å². The average molecular weight is 473 g/mol. The summed E-state index contributed by atoms with van der Waals surface area (Å²) >= 11 is 6.04. The van der Waals surface area contributed by atoms with E-state index in [1.165, 1.54) is 28.6 Å². The van der Waals surface area contributed by atoms with Gasteiger partial charge in [-0.05, 0) is 47.7 Å². The SMILES string of the molecule is CC(C)CN(CC(C)C)S(=O)(=O)c1ccc(NS(=O)(=O)Cc2ccccc2Cl)cc1. The highest BCUT2D eigenvalue weighted by Gasteiger charge is 2.26. The Morgan fingerprint density at radius 1 is 0.867 bits per heavy atom. The first-order chi connectivity index (χ1) is 13.9. The van der Waals surface area contributed by atoms with Gasteiger partial charge in [0.15, 0.2) is 0 Å². The molecule has 0 bridgehead atoms. The quantitative estimate of drug-likeness (QED) is 0.548. The van der Waals surface area contributed by atoms with Crippen molar-refractivity contribution in [2.75, 3.05) is 17.8 Å². The number of sulfonamides is 2. The molecule has 0 unspecified atom stereocenters. The minimum Gasteiger partial charge on any atom is -0.283 e. The Hall–Kier alpha value is -1.61. The van der Waals surface area contributed by atoms with Crippen LogP contribution in [-0.4, -0.2) is 34.2 Å². The van der Waals surface area contributed by atoms with Gasteiger partial charge >= 0.3 is 0 Å². The first-order valence-corrected chi connectivity index (χ1v) is 13.2. The van der Waals surface area contributed by atoms with Gasteiger partial charge in [0.1, 0.15) is 0 Å². The van der Waals surface area contributed by atoms with Gasteiger partial charge in [0.25, 0.3) is 0 Å². The van der Waals surface area contributed by atoms with Crippen molar-refractivity contribution in [1.82, 2.24) is 4.31 Å². The minimum atomic E-state index is -3.70. The van der Waals surface area contributed by atoms with Crippen LogP contribution in [0.4, 0.5) is 5.69 Å². The highest BCUT2D eigenvalue weighted by atomic mass is 35.5. The van der Waals surface area contributed by atoms with Crippen LogP contribution in [0.25, 0.3) is 0 Å². The summed E-state index contributed by atoms with van der Waals surface area (Å²) in [7, 11) is -7.37. The zero-order valence-corrected chi connectivity index (χ0v) is 20.1. The third-order valence-corrected chi connectivity index (χ3v) is 7.66. The van der Waals surface area contributed by atoms with Gasteiger partial charge in [-0.1, -0.05) is 57.5 Å². The van der Waals surface area contributed by atoms with E-state index >= 15 is 0 Å². The van der Waals surface area contributed by atoms with Crippen LogP contribution in [0.15, 0.2) is 53.4 Å². The topological polar surface area (TPSA) is 83.6 Å². The number of halogens is 1. The summed E-state index contributed by atoms with van der Waals surface area (Å²) in [6.45, 7) is 8.73. The monoisotopic (exact) mass is 472 g/mol. The van der Waals surface area contributed by atoms with Gasteiger partial charge < -0.3 is 0 Å². The van der Waals surface area contributed by atoms with Gasteiger partial charge in [-0.15, -0.1) is 0 Å². The minimum absolute atomic E-state index is 0.137. The van der Waals surface area contributed by atoms with Crippen molar-refractivity contribution in [3.05, 3.63) is 59.1 Å². The van der Waals surface area contributed by atoms with E-state index in [4.69, 9.17) is 11.6 Å². The molecule has 0 amide bonds. The van der Waals surface area contributed by atoms with E-state index in [-0.39, 0.29) is 22.5 Å². The van der Waals surface area contributed by atoms with Crippen LogP contribution in [0.2, 0.25) is 5.02 Å². The molecule has 0 spiro atoms. The molecule has 0 fully saturated rings. The number of hydrogen-bond donors (Lipinski definition) is 1. The summed E-state index contributed by atoms with van der Waals surface area (Å²) in [5.74, 6) is 0.104. The second kappa shape index (κ2) is 10.1. The van der Waals surface area contributed by atoms with Crippen molar-refractivity contribution in [1.29, 1.82) is 0 Å². The van der Waals surface area contributed by atoms with E-state index in [0.717, 1.165) is 0 Å². The number of anilines is 1. The maximum Gasteiger partial charge on any atom is 0.243 e. The van der Waals surface area contributed by atoms with Crippen LogP contribution >= 0.6 is 11.6 Å². The lowest BCUT2D eigenvalue weighted by molar-refractivity contribution is 0.333. The highest BCUT2D eigenvalue weighted by molar-refractivity contribution is 7.92. The molecule has 0 saturated heterocycles. The molecule has 0 aliphatic rings. The molecule has 2 rings (SSSR count).